The largest absolute Gasteiger partial charge is 0.396 e. The first-order chi connectivity index (χ1) is 6.01. The molecule has 0 fully saturated rings. The first-order valence-electron chi connectivity index (χ1n) is 4.60. The zero-order valence-electron chi connectivity index (χ0n) is 9.35. The van der Waals surface area contributed by atoms with Gasteiger partial charge in [0.05, 0.1) is 0 Å². The van der Waals surface area contributed by atoms with Crippen molar-refractivity contribution in [2.45, 2.75) is 34.1 Å². The quantitative estimate of drug-likeness (QED) is 0.663. The van der Waals surface area contributed by atoms with Crippen molar-refractivity contribution in [3.05, 3.63) is 36.0 Å². The Labute approximate surface area is 82.5 Å². The summed E-state index contributed by atoms with van der Waals surface area (Å²) in [6.45, 7) is 15.9. The molecule has 0 aliphatic carbocycles. The van der Waals surface area contributed by atoms with Gasteiger partial charge in [-0.25, -0.2) is 0 Å². The molecule has 0 saturated heterocycles. The highest BCUT2D eigenvalue weighted by molar-refractivity contribution is 5.40. The minimum absolute atomic E-state index is 0.319. The molecule has 0 spiro atoms. The van der Waals surface area contributed by atoms with Gasteiger partial charge in [0.15, 0.2) is 0 Å². The third kappa shape index (κ3) is 9.09. The smallest absolute Gasteiger partial charge is 0.0428 e. The van der Waals surface area contributed by atoms with E-state index in [1.54, 1.807) is 0 Å². The predicted molar refractivity (Wildman–Crippen MR) is 60.8 cm³/mol. The monoisotopic (exact) mass is 182 g/mol. The molecule has 13 heavy (non-hydrogen) atoms. The summed E-state index contributed by atoms with van der Waals surface area (Å²) in [5, 5.41) is 7.88. The number of allylic oxidation sites excluding steroid dienone is 4. The molecule has 0 aromatic rings. The zero-order valence-corrected chi connectivity index (χ0v) is 9.35. The van der Waals surface area contributed by atoms with E-state index in [2.05, 4.69) is 13.2 Å². The Balaban J connectivity index is 0. The van der Waals surface area contributed by atoms with Gasteiger partial charge in [0, 0.05) is 6.61 Å². The molecule has 0 aromatic heterocycles. The lowest BCUT2D eigenvalue weighted by Gasteiger charge is -2.02. The van der Waals surface area contributed by atoms with Gasteiger partial charge in [-0.1, -0.05) is 31.7 Å². The molecule has 0 unspecified atom stereocenters. The van der Waals surface area contributed by atoms with Gasteiger partial charge in [-0.05, 0) is 38.3 Å². The highest BCUT2D eigenvalue weighted by atomic mass is 16.2. The molecular formula is C12H22O. The van der Waals surface area contributed by atoms with Crippen molar-refractivity contribution < 1.29 is 5.11 Å². The molecule has 0 aromatic carbocycles. The summed E-state index contributed by atoms with van der Waals surface area (Å²) in [5.41, 5.74) is 3.31. The fourth-order valence-electron chi connectivity index (χ4n) is 0.511. The lowest BCUT2D eigenvalue weighted by molar-refractivity contribution is 0.295. The Kier molecular flexibility index (Phi) is 10.5. The minimum Gasteiger partial charge on any atom is -0.396 e. The minimum atomic E-state index is 0.319. The molecule has 0 aliphatic rings. The SMILES string of the molecule is C=C(C)C(=C)/C(C)=C\C.CCCO. The van der Waals surface area contributed by atoms with Crippen molar-refractivity contribution >= 4 is 0 Å². The van der Waals surface area contributed by atoms with E-state index in [1.807, 2.05) is 33.8 Å². The number of hydrogen-bond acceptors (Lipinski definition) is 1. The first kappa shape index (κ1) is 14.7. The summed E-state index contributed by atoms with van der Waals surface area (Å²) in [6.07, 6.45) is 2.91. The Morgan fingerprint density at radius 1 is 1.31 bits per heavy atom. The molecule has 0 heterocycles. The van der Waals surface area contributed by atoms with E-state index in [0.29, 0.717) is 6.61 Å². The standard InChI is InChI=1S/C9H14.C3H8O/c1-6-8(4)9(5)7(2)3;1-2-3-4/h6H,2,5H2,1,3-4H3;4H,2-3H2,1H3/b8-6-;. The Morgan fingerprint density at radius 3 is 1.77 bits per heavy atom. The highest BCUT2D eigenvalue weighted by Gasteiger charge is 1.93. The maximum atomic E-state index is 7.88. The summed E-state index contributed by atoms with van der Waals surface area (Å²) in [6, 6.07) is 0. The van der Waals surface area contributed by atoms with Crippen molar-refractivity contribution in [3.63, 3.8) is 0 Å². The molecular weight excluding hydrogens is 160 g/mol. The van der Waals surface area contributed by atoms with Crippen LogP contribution in [0, 0.1) is 0 Å². The molecule has 0 bridgehead atoms. The van der Waals surface area contributed by atoms with Crippen LogP contribution in [0.25, 0.3) is 0 Å². The molecule has 76 valence electrons. The summed E-state index contributed by atoms with van der Waals surface area (Å²) in [4.78, 5) is 0. The molecule has 0 aliphatic heterocycles. The lowest BCUT2D eigenvalue weighted by Crippen LogP contribution is -1.82. The van der Waals surface area contributed by atoms with Gasteiger partial charge in [0.2, 0.25) is 0 Å². The molecule has 0 amide bonds. The highest BCUT2D eigenvalue weighted by Crippen LogP contribution is 2.13. The van der Waals surface area contributed by atoms with Crippen LogP contribution in [0.3, 0.4) is 0 Å². The normalized spacial score (nSPS) is 10.1. The fraction of sp³-hybridized carbons (Fsp3) is 0.500. The number of rotatable bonds is 3. The maximum Gasteiger partial charge on any atom is 0.0428 e. The summed E-state index contributed by atoms with van der Waals surface area (Å²) < 4.78 is 0. The first-order valence-corrected chi connectivity index (χ1v) is 4.60. The second-order valence-corrected chi connectivity index (χ2v) is 2.95. The predicted octanol–water partition coefficient (Wildman–Crippen LogP) is 3.47. The summed E-state index contributed by atoms with van der Waals surface area (Å²) in [5.74, 6) is 0. The lowest BCUT2D eigenvalue weighted by atomic mass is 10.0. The molecule has 0 atom stereocenters. The maximum absolute atomic E-state index is 7.88. The van der Waals surface area contributed by atoms with E-state index in [4.69, 9.17) is 5.11 Å². The molecule has 1 nitrogen and oxygen atoms in total. The summed E-state index contributed by atoms with van der Waals surface area (Å²) >= 11 is 0. The van der Waals surface area contributed by atoms with Gasteiger partial charge < -0.3 is 5.11 Å². The average Bonchev–Trinajstić information content (AvgIpc) is 2.15. The van der Waals surface area contributed by atoms with Crippen LogP contribution in [0.5, 0.6) is 0 Å². The molecule has 0 rings (SSSR count). The van der Waals surface area contributed by atoms with Gasteiger partial charge >= 0.3 is 0 Å². The molecule has 1 N–H and O–H groups in total. The Morgan fingerprint density at radius 2 is 1.69 bits per heavy atom. The van der Waals surface area contributed by atoms with Crippen LogP contribution >= 0.6 is 0 Å². The fourth-order valence-corrected chi connectivity index (χ4v) is 0.511. The van der Waals surface area contributed by atoms with Crippen LogP contribution in [0.1, 0.15) is 34.1 Å². The average molecular weight is 182 g/mol. The zero-order chi connectivity index (χ0) is 10.9. The van der Waals surface area contributed by atoms with E-state index >= 15 is 0 Å². The molecule has 0 saturated carbocycles. The van der Waals surface area contributed by atoms with Gasteiger partial charge in [-0.15, -0.1) is 0 Å². The summed E-state index contributed by atoms with van der Waals surface area (Å²) in [7, 11) is 0. The van der Waals surface area contributed by atoms with Crippen LogP contribution in [0.4, 0.5) is 0 Å². The van der Waals surface area contributed by atoms with Crippen molar-refractivity contribution in [3.8, 4) is 0 Å². The van der Waals surface area contributed by atoms with E-state index < -0.39 is 0 Å². The Bertz CT molecular complexity index is 185. The van der Waals surface area contributed by atoms with Crippen molar-refractivity contribution in [1.82, 2.24) is 0 Å². The van der Waals surface area contributed by atoms with Crippen LogP contribution in [0.15, 0.2) is 36.0 Å². The number of aliphatic hydroxyl groups excluding tert-OH is 1. The third-order valence-corrected chi connectivity index (χ3v) is 1.65. The van der Waals surface area contributed by atoms with Crippen molar-refractivity contribution in [2.24, 2.45) is 0 Å². The van der Waals surface area contributed by atoms with Gasteiger partial charge in [-0.3, -0.25) is 0 Å². The van der Waals surface area contributed by atoms with Gasteiger partial charge in [-0.2, -0.15) is 0 Å². The number of hydrogen-bond donors (Lipinski definition) is 1. The number of aliphatic hydroxyl groups is 1. The van der Waals surface area contributed by atoms with Gasteiger partial charge in [0.1, 0.15) is 0 Å². The van der Waals surface area contributed by atoms with E-state index in [9.17, 15) is 0 Å². The molecule has 1 heteroatoms. The van der Waals surface area contributed by atoms with E-state index in [1.165, 1.54) is 5.57 Å². The van der Waals surface area contributed by atoms with E-state index in [-0.39, 0.29) is 0 Å². The van der Waals surface area contributed by atoms with Crippen molar-refractivity contribution in [1.29, 1.82) is 0 Å². The van der Waals surface area contributed by atoms with Crippen LogP contribution in [-0.4, -0.2) is 11.7 Å². The van der Waals surface area contributed by atoms with Gasteiger partial charge in [0.25, 0.3) is 0 Å². The Hall–Kier alpha value is -0.820. The van der Waals surface area contributed by atoms with E-state index in [0.717, 1.165) is 17.6 Å². The van der Waals surface area contributed by atoms with Crippen LogP contribution < -0.4 is 0 Å². The van der Waals surface area contributed by atoms with Crippen molar-refractivity contribution in [2.75, 3.05) is 6.61 Å². The topological polar surface area (TPSA) is 20.2 Å². The molecule has 0 radical (unpaired) electrons. The van der Waals surface area contributed by atoms with Crippen LogP contribution in [0.2, 0.25) is 0 Å². The third-order valence-electron chi connectivity index (χ3n) is 1.65. The second-order valence-electron chi connectivity index (χ2n) is 2.95. The second kappa shape index (κ2) is 9.27. The van der Waals surface area contributed by atoms with Crippen LogP contribution in [-0.2, 0) is 0 Å².